The van der Waals surface area contributed by atoms with Crippen LogP contribution in [0.1, 0.15) is 18.4 Å². The lowest BCUT2D eigenvalue weighted by atomic mass is 10.1. The van der Waals surface area contributed by atoms with Crippen LogP contribution in [-0.4, -0.2) is 31.3 Å². The number of fused-ring (bicyclic) bond motifs is 1. The highest BCUT2D eigenvalue weighted by atomic mass is 32.1. The monoisotopic (exact) mass is 304 g/mol. The first kappa shape index (κ1) is 14.4. The second-order valence-corrected chi connectivity index (χ2v) is 5.93. The average Bonchev–Trinajstić information content (AvgIpc) is 3.00. The summed E-state index contributed by atoms with van der Waals surface area (Å²) in [5.74, 6) is 1.64. The Hall–Kier alpha value is -1.59. The van der Waals surface area contributed by atoms with E-state index in [1.165, 1.54) is 11.4 Å². The highest BCUT2D eigenvalue weighted by molar-refractivity contribution is 7.09. The Bertz CT molecular complexity index is 598. The van der Waals surface area contributed by atoms with Crippen molar-refractivity contribution in [1.29, 1.82) is 0 Å². The van der Waals surface area contributed by atoms with Crippen LogP contribution in [0.15, 0.2) is 23.6 Å². The van der Waals surface area contributed by atoms with Crippen molar-refractivity contribution in [3.8, 4) is 22.8 Å². The molecule has 0 atom stereocenters. The maximum absolute atomic E-state index is 5.62. The Morgan fingerprint density at radius 3 is 2.90 bits per heavy atom. The molecule has 0 amide bonds. The predicted octanol–water partition coefficient (Wildman–Crippen LogP) is 3.12. The Balaban J connectivity index is 1.68. The Labute approximate surface area is 129 Å². The zero-order valence-corrected chi connectivity index (χ0v) is 13.0. The third kappa shape index (κ3) is 3.54. The first-order valence-electron chi connectivity index (χ1n) is 7.42. The smallest absolute Gasteiger partial charge is 0.162 e. The predicted molar refractivity (Wildman–Crippen MR) is 85.4 cm³/mol. The van der Waals surface area contributed by atoms with E-state index in [4.69, 9.17) is 14.5 Å². The standard InChI is InChI=1S/C16H20N2O2S/c1-2-6-17-7-5-16-18-13(11-21-16)12-3-4-14-15(10-12)20-9-8-19-14/h3-4,10-11,17H,2,5-9H2,1H3. The van der Waals surface area contributed by atoms with E-state index in [0.717, 1.165) is 42.3 Å². The van der Waals surface area contributed by atoms with Gasteiger partial charge in [0, 0.05) is 23.9 Å². The fourth-order valence-electron chi connectivity index (χ4n) is 2.26. The van der Waals surface area contributed by atoms with Gasteiger partial charge in [-0.15, -0.1) is 11.3 Å². The number of hydrogen-bond donors (Lipinski definition) is 1. The largest absolute Gasteiger partial charge is 0.486 e. The molecule has 4 nitrogen and oxygen atoms in total. The summed E-state index contributed by atoms with van der Waals surface area (Å²) in [4.78, 5) is 4.71. The molecule has 1 aliphatic heterocycles. The maximum atomic E-state index is 5.62. The Morgan fingerprint density at radius 2 is 2.05 bits per heavy atom. The molecular formula is C16H20N2O2S. The number of ether oxygens (including phenoxy) is 2. The van der Waals surface area contributed by atoms with Crippen molar-refractivity contribution in [2.75, 3.05) is 26.3 Å². The molecule has 0 bridgehead atoms. The molecule has 1 N–H and O–H groups in total. The molecule has 1 aromatic carbocycles. The lowest BCUT2D eigenvalue weighted by Crippen LogP contribution is -2.17. The van der Waals surface area contributed by atoms with Gasteiger partial charge in [-0.25, -0.2) is 4.98 Å². The fourth-order valence-corrected chi connectivity index (χ4v) is 3.07. The number of rotatable bonds is 6. The summed E-state index contributed by atoms with van der Waals surface area (Å²) in [6.45, 7) is 5.47. The molecule has 0 saturated heterocycles. The molecule has 0 spiro atoms. The number of nitrogens with zero attached hydrogens (tertiary/aromatic N) is 1. The van der Waals surface area contributed by atoms with Crippen LogP contribution in [0, 0.1) is 0 Å². The van der Waals surface area contributed by atoms with E-state index < -0.39 is 0 Å². The van der Waals surface area contributed by atoms with E-state index in [1.54, 1.807) is 11.3 Å². The summed E-state index contributed by atoms with van der Waals surface area (Å²) in [5, 5.41) is 6.69. The minimum absolute atomic E-state index is 0.613. The van der Waals surface area contributed by atoms with Gasteiger partial charge in [0.15, 0.2) is 11.5 Å². The Morgan fingerprint density at radius 1 is 1.19 bits per heavy atom. The molecular weight excluding hydrogens is 284 g/mol. The molecule has 0 radical (unpaired) electrons. The summed E-state index contributed by atoms with van der Waals surface area (Å²) in [6.07, 6.45) is 2.15. The summed E-state index contributed by atoms with van der Waals surface area (Å²) in [6, 6.07) is 6.02. The number of benzene rings is 1. The SMILES string of the molecule is CCCNCCc1nc(-c2ccc3c(c2)OCCO3)cs1. The molecule has 5 heteroatoms. The van der Waals surface area contributed by atoms with Crippen LogP contribution < -0.4 is 14.8 Å². The van der Waals surface area contributed by atoms with Crippen molar-refractivity contribution in [3.63, 3.8) is 0 Å². The number of hydrogen-bond acceptors (Lipinski definition) is 5. The first-order valence-corrected chi connectivity index (χ1v) is 8.30. The Kier molecular flexibility index (Phi) is 4.72. The van der Waals surface area contributed by atoms with E-state index in [9.17, 15) is 0 Å². The van der Waals surface area contributed by atoms with Crippen LogP contribution in [0.4, 0.5) is 0 Å². The molecule has 0 saturated carbocycles. The minimum atomic E-state index is 0.613. The maximum Gasteiger partial charge on any atom is 0.162 e. The number of aromatic nitrogens is 1. The number of thiazole rings is 1. The van der Waals surface area contributed by atoms with Gasteiger partial charge in [0.05, 0.1) is 10.7 Å². The lowest BCUT2D eigenvalue weighted by Gasteiger charge is -2.18. The van der Waals surface area contributed by atoms with Crippen molar-refractivity contribution < 1.29 is 9.47 Å². The van der Waals surface area contributed by atoms with E-state index in [1.807, 2.05) is 18.2 Å². The van der Waals surface area contributed by atoms with Gasteiger partial charge in [-0.2, -0.15) is 0 Å². The first-order chi connectivity index (χ1) is 10.4. The van der Waals surface area contributed by atoms with Gasteiger partial charge in [0.25, 0.3) is 0 Å². The van der Waals surface area contributed by atoms with Gasteiger partial charge in [-0.3, -0.25) is 0 Å². The zero-order chi connectivity index (χ0) is 14.5. The van der Waals surface area contributed by atoms with Crippen LogP contribution in [0.5, 0.6) is 11.5 Å². The van der Waals surface area contributed by atoms with Gasteiger partial charge in [-0.1, -0.05) is 6.92 Å². The third-order valence-electron chi connectivity index (χ3n) is 3.33. The molecule has 21 heavy (non-hydrogen) atoms. The van der Waals surface area contributed by atoms with Crippen LogP contribution in [0.25, 0.3) is 11.3 Å². The molecule has 0 aliphatic carbocycles. The second-order valence-electron chi connectivity index (χ2n) is 4.98. The van der Waals surface area contributed by atoms with Gasteiger partial charge < -0.3 is 14.8 Å². The molecule has 0 unspecified atom stereocenters. The number of nitrogens with one attached hydrogen (secondary N) is 1. The third-order valence-corrected chi connectivity index (χ3v) is 4.24. The zero-order valence-electron chi connectivity index (χ0n) is 12.2. The van der Waals surface area contributed by atoms with E-state index in [2.05, 4.69) is 17.6 Å². The fraction of sp³-hybridized carbons (Fsp3) is 0.438. The summed E-state index contributed by atoms with van der Waals surface area (Å²) in [5.41, 5.74) is 2.10. The molecule has 3 rings (SSSR count). The van der Waals surface area contributed by atoms with Crippen LogP contribution in [0.2, 0.25) is 0 Å². The highest BCUT2D eigenvalue weighted by Crippen LogP contribution is 2.34. The average molecular weight is 304 g/mol. The van der Waals surface area contributed by atoms with E-state index in [0.29, 0.717) is 13.2 Å². The quantitative estimate of drug-likeness (QED) is 0.833. The highest BCUT2D eigenvalue weighted by Gasteiger charge is 2.13. The normalized spacial score (nSPS) is 13.4. The van der Waals surface area contributed by atoms with Crippen LogP contribution in [-0.2, 0) is 6.42 Å². The molecule has 0 fully saturated rings. The van der Waals surface area contributed by atoms with E-state index >= 15 is 0 Å². The van der Waals surface area contributed by atoms with Gasteiger partial charge in [0.1, 0.15) is 13.2 Å². The molecule has 1 aliphatic rings. The van der Waals surface area contributed by atoms with Crippen LogP contribution in [0.3, 0.4) is 0 Å². The summed E-state index contributed by atoms with van der Waals surface area (Å²) in [7, 11) is 0. The van der Waals surface area contributed by atoms with Crippen LogP contribution >= 0.6 is 11.3 Å². The van der Waals surface area contributed by atoms with Crippen molar-refractivity contribution in [2.45, 2.75) is 19.8 Å². The van der Waals surface area contributed by atoms with Crippen molar-refractivity contribution in [1.82, 2.24) is 10.3 Å². The molecule has 112 valence electrons. The topological polar surface area (TPSA) is 43.4 Å². The van der Waals surface area contributed by atoms with Crippen molar-refractivity contribution in [3.05, 3.63) is 28.6 Å². The van der Waals surface area contributed by atoms with Crippen molar-refractivity contribution in [2.24, 2.45) is 0 Å². The van der Waals surface area contributed by atoms with Crippen molar-refractivity contribution >= 4 is 11.3 Å². The van der Waals surface area contributed by atoms with E-state index in [-0.39, 0.29) is 0 Å². The second kappa shape index (κ2) is 6.91. The van der Waals surface area contributed by atoms with Gasteiger partial charge in [0.2, 0.25) is 0 Å². The van der Waals surface area contributed by atoms with Gasteiger partial charge >= 0.3 is 0 Å². The summed E-state index contributed by atoms with van der Waals surface area (Å²) < 4.78 is 11.2. The van der Waals surface area contributed by atoms with Gasteiger partial charge in [-0.05, 0) is 31.2 Å². The summed E-state index contributed by atoms with van der Waals surface area (Å²) >= 11 is 1.72. The minimum Gasteiger partial charge on any atom is -0.486 e. The molecule has 2 aromatic rings. The molecule has 2 heterocycles. The molecule has 1 aromatic heterocycles. The lowest BCUT2D eigenvalue weighted by molar-refractivity contribution is 0.171.